The number of urea groups is 1. The largest absolute Gasteiger partial charge is 0.508 e. The van der Waals surface area contributed by atoms with Crippen molar-refractivity contribution in [3.8, 4) is 11.5 Å². The topological polar surface area (TPSA) is 544 Å². The predicted molar refractivity (Wildman–Crippen MR) is 340 cm³/mol. The zero-order chi connectivity index (χ0) is 71.6. The lowest BCUT2D eigenvalue weighted by Crippen LogP contribution is -2.51. The summed E-state index contributed by atoms with van der Waals surface area (Å²) in [4.78, 5) is 156. The maximum atomic E-state index is 13.9. The Bertz CT molecular complexity index is 3260. The molecule has 34 nitrogen and oxygen atoms in total. The Hall–Kier alpha value is -10.1. The number of aryl methyl sites for hydroxylation is 2. The summed E-state index contributed by atoms with van der Waals surface area (Å²) >= 11 is 0. The first kappa shape index (κ1) is 79.4. The highest BCUT2D eigenvalue weighted by Crippen LogP contribution is 2.34. The molecule has 2 aromatic carbocycles. The number of phenolic OH excluding ortho intramolecular Hbond substituents is 2. The highest BCUT2D eigenvalue weighted by molar-refractivity contribution is 5.90. The number of amides is 4. The molecule has 0 radical (unpaired) electrons. The van der Waals surface area contributed by atoms with Crippen molar-refractivity contribution in [2.24, 2.45) is 11.7 Å². The van der Waals surface area contributed by atoms with Gasteiger partial charge in [-0.25, -0.2) is 24.4 Å². The Kier molecular flexibility index (Phi) is 34.1. The number of ketones is 1. The smallest absolute Gasteiger partial charge is 0.326 e. The summed E-state index contributed by atoms with van der Waals surface area (Å²) in [5.41, 5.74) is 8.18. The predicted octanol–water partition coefficient (Wildman–Crippen LogP) is 1.94. The van der Waals surface area contributed by atoms with Gasteiger partial charge >= 0.3 is 53.8 Å². The number of hydrogen-bond acceptors (Lipinski definition) is 20. The molecule has 0 spiro atoms. The number of aromatic hydroxyl groups is 2. The van der Waals surface area contributed by atoms with E-state index in [-0.39, 0.29) is 139 Å². The van der Waals surface area contributed by atoms with Gasteiger partial charge in [0.05, 0.1) is 32.2 Å². The van der Waals surface area contributed by atoms with Crippen LogP contribution in [0.4, 0.5) is 4.79 Å². The molecule has 0 fully saturated rings. The average molecular weight is 1370 g/mol. The molecule has 0 aliphatic rings. The first-order chi connectivity index (χ1) is 46.1. The van der Waals surface area contributed by atoms with Crippen LogP contribution in [0.1, 0.15) is 149 Å². The van der Waals surface area contributed by atoms with E-state index in [0.29, 0.717) is 60.6 Å². The van der Waals surface area contributed by atoms with Gasteiger partial charge < -0.3 is 87.2 Å². The summed E-state index contributed by atoms with van der Waals surface area (Å²) in [6, 6.07) is 2.22. The van der Waals surface area contributed by atoms with Crippen molar-refractivity contribution in [3.63, 3.8) is 0 Å². The molecule has 0 bridgehead atoms. The Morgan fingerprint density at radius 3 is 1.47 bits per heavy atom. The van der Waals surface area contributed by atoms with Crippen LogP contribution in [0.3, 0.4) is 0 Å². The number of nitrogens with one attached hydrogen (secondary N) is 6. The van der Waals surface area contributed by atoms with Crippen LogP contribution in [0.15, 0.2) is 61.2 Å². The molecule has 97 heavy (non-hydrogen) atoms. The molecule has 6 atom stereocenters. The molecule has 18 N–H and O–H groups in total. The first-order valence-corrected chi connectivity index (χ1v) is 31.6. The van der Waals surface area contributed by atoms with Crippen LogP contribution in [-0.2, 0) is 91.8 Å². The number of nitrogens with zero attached hydrogens (tertiary/aromatic N) is 5. The summed E-state index contributed by atoms with van der Waals surface area (Å²) in [6.07, 6.45) is 7.11. The Labute approximate surface area is 557 Å². The molecule has 0 saturated carbocycles. The molecule has 4 amide bonds. The SMILES string of the molecule is NC(CCCCNC(=O)CCc1ccc(O)c(C(CCC(NCC(=O)O)c2cc(CCC(=O)O)ccc2O)NCC(=O)O)c1)C(=O)CC(CCCCN(Cc1nccn1CC(=O)O)Cc1nccn1CC(=O)O)C(=O)NCCCCC(NC(=O)NC(CCC(=O)O)C(=O)O)C(=O)O. The lowest BCUT2D eigenvalue weighted by Gasteiger charge is -2.25. The summed E-state index contributed by atoms with van der Waals surface area (Å²) in [5, 5.41) is 113. The van der Waals surface area contributed by atoms with Crippen molar-refractivity contribution < 1.29 is 109 Å². The van der Waals surface area contributed by atoms with Crippen molar-refractivity contribution in [1.82, 2.24) is 55.9 Å². The molecule has 4 rings (SSSR count). The standard InChI is InChI=1S/C63H88N12O22/c64-43(8-1-4-22-67-53(79)19-12-38-10-17-48(76)41(29-38)44(69-32-56(84)85)14-15-45(70-33-57(86)87)42-30-39(11-18-49(42)77)13-20-54(80)81)50(78)31-40(60(92)68-23-5-2-9-46(61(93)94)71-63(97)72-47(62(95)96)16-21-55(82)83)7-3-6-26-73(34-51-65-24-27-74(51)36-58(88)89)35-52-66-25-28-75(52)37-59(90)91/h10-11,17-18,24-25,27-30,40,43-47,69-70,76-77H,1-9,12-16,19-23,26,31-37,64H2,(H,67,79)(H,68,92)(H,80,81)(H,82,83)(H,84,85)(H,86,87)(H,88,89)(H,90,91)(H,93,94)(H,95,96)(H2,71,72,97). The van der Waals surface area contributed by atoms with Crippen LogP contribution >= 0.6 is 0 Å². The summed E-state index contributed by atoms with van der Waals surface area (Å²) in [7, 11) is 0. The van der Waals surface area contributed by atoms with Gasteiger partial charge in [0, 0.05) is 92.7 Å². The van der Waals surface area contributed by atoms with Gasteiger partial charge in [0.25, 0.3) is 0 Å². The van der Waals surface area contributed by atoms with Gasteiger partial charge in [-0.1, -0.05) is 30.7 Å². The van der Waals surface area contributed by atoms with Crippen LogP contribution < -0.4 is 37.6 Å². The van der Waals surface area contributed by atoms with Gasteiger partial charge in [-0.15, -0.1) is 0 Å². The molecule has 0 saturated heterocycles. The molecule has 0 aliphatic carbocycles. The first-order valence-electron chi connectivity index (χ1n) is 31.6. The summed E-state index contributed by atoms with van der Waals surface area (Å²) in [5.74, 6) is -11.6. The van der Waals surface area contributed by atoms with E-state index in [2.05, 4.69) is 41.9 Å². The second kappa shape index (κ2) is 41.7. The zero-order valence-corrected chi connectivity index (χ0v) is 53.5. The van der Waals surface area contributed by atoms with Gasteiger partial charge in [0.15, 0.2) is 0 Å². The number of aromatic nitrogens is 4. The minimum absolute atomic E-state index is 0.0000700. The Balaban J connectivity index is 1.37. The Morgan fingerprint density at radius 2 is 0.990 bits per heavy atom. The molecule has 34 heteroatoms. The number of rotatable bonds is 51. The quantitative estimate of drug-likeness (QED) is 0.0281. The van der Waals surface area contributed by atoms with Gasteiger partial charge in [0.2, 0.25) is 11.8 Å². The number of benzene rings is 2. The third kappa shape index (κ3) is 30.5. The van der Waals surface area contributed by atoms with E-state index in [4.69, 9.17) is 10.8 Å². The fourth-order valence-corrected chi connectivity index (χ4v) is 10.6. The van der Waals surface area contributed by atoms with E-state index in [9.17, 15) is 103 Å². The van der Waals surface area contributed by atoms with Crippen LogP contribution in [0.25, 0.3) is 0 Å². The maximum Gasteiger partial charge on any atom is 0.326 e. The van der Waals surface area contributed by atoms with Crippen LogP contribution in [0, 0.1) is 5.92 Å². The number of carboxylic acids is 8. The van der Waals surface area contributed by atoms with Crippen molar-refractivity contribution in [3.05, 3.63) is 95.1 Å². The monoisotopic (exact) mass is 1360 g/mol. The number of carboxylic acid groups (broad SMARTS) is 8. The molecular formula is C63H88N12O22. The van der Waals surface area contributed by atoms with Crippen LogP contribution in [0.2, 0.25) is 0 Å². The number of phenols is 2. The van der Waals surface area contributed by atoms with Crippen LogP contribution in [-0.4, -0.2) is 197 Å². The number of imidazole rings is 2. The van der Waals surface area contributed by atoms with Crippen molar-refractivity contribution in [1.29, 1.82) is 0 Å². The molecular weight excluding hydrogens is 1280 g/mol. The minimum atomic E-state index is -1.61. The van der Waals surface area contributed by atoms with E-state index in [0.717, 1.165) is 0 Å². The number of hydrogen-bond donors (Lipinski definition) is 17. The normalized spacial score (nSPS) is 13.1. The molecule has 2 aromatic heterocycles. The van der Waals surface area contributed by atoms with E-state index >= 15 is 0 Å². The second-order valence-corrected chi connectivity index (χ2v) is 23.3. The van der Waals surface area contributed by atoms with Gasteiger partial charge in [-0.3, -0.25) is 58.7 Å². The number of carbonyl (C=O) groups excluding carboxylic acids is 4. The second-order valence-electron chi connectivity index (χ2n) is 23.3. The highest BCUT2D eigenvalue weighted by Gasteiger charge is 2.29. The molecule has 0 aliphatic heterocycles. The average Bonchev–Trinajstić information content (AvgIpc) is 1.60. The van der Waals surface area contributed by atoms with Crippen molar-refractivity contribution >= 4 is 71.4 Å². The zero-order valence-electron chi connectivity index (χ0n) is 53.5. The third-order valence-corrected chi connectivity index (χ3v) is 15.7. The number of nitrogens with two attached hydrogens (primary N) is 1. The molecule has 532 valence electrons. The summed E-state index contributed by atoms with van der Waals surface area (Å²) in [6.45, 7) is -0.964. The lowest BCUT2D eigenvalue weighted by molar-refractivity contribution is -0.141. The Morgan fingerprint density at radius 1 is 0.515 bits per heavy atom. The maximum absolute atomic E-state index is 13.9. The number of unbranched alkanes of at least 4 members (excludes halogenated alkanes) is 3. The third-order valence-electron chi connectivity index (χ3n) is 15.7. The fraction of sp³-hybridized carbons (Fsp3) is 0.524. The number of Topliss-reactive ketones (excluding diaryl/α,β-unsaturated/α-hetero) is 1. The highest BCUT2D eigenvalue weighted by atomic mass is 16.4. The number of aliphatic carboxylic acids is 8. The van der Waals surface area contributed by atoms with Gasteiger partial charge in [-0.05, 0) is 113 Å². The van der Waals surface area contributed by atoms with E-state index in [1.54, 1.807) is 24.3 Å². The van der Waals surface area contributed by atoms with Crippen molar-refractivity contribution in [2.45, 2.75) is 172 Å². The molecule has 6 unspecified atom stereocenters. The molecule has 4 aromatic rings. The minimum Gasteiger partial charge on any atom is -0.508 e. The fourth-order valence-electron chi connectivity index (χ4n) is 10.6. The van der Waals surface area contributed by atoms with E-state index in [1.165, 1.54) is 46.1 Å². The van der Waals surface area contributed by atoms with Crippen LogP contribution in [0.5, 0.6) is 11.5 Å². The summed E-state index contributed by atoms with van der Waals surface area (Å²) < 4.78 is 2.90. The lowest BCUT2D eigenvalue weighted by atomic mass is 9.91. The van der Waals surface area contributed by atoms with E-state index < -0.39 is 128 Å². The van der Waals surface area contributed by atoms with Gasteiger partial charge in [0.1, 0.15) is 54.1 Å². The van der Waals surface area contributed by atoms with Crippen molar-refractivity contribution in [2.75, 3.05) is 32.7 Å². The van der Waals surface area contributed by atoms with E-state index in [1.807, 2.05) is 4.90 Å². The van der Waals surface area contributed by atoms with Gasteiger partial charge in [-0.2, -0.15) is 0 Å². The number of carbonyl (C=O) groups is 12. The molecule has 2 heterocycles.